The molecule has 5 nitrogen and oxygen atoms in total. The summed E-state index contributed by atoms with van der Waals surface area (Å²) in [5, 5.41) is 0. The van der Waals surface area contributed by atoms with Crippen molar-refractivity contribution < 1.29 is 18.6 Å². The van der Waals surface area contributed by atoms with Crippen molar-refractivity contribution in [3.63, 3.8) is 0 Å². The summed E-state index contributed by atoms with van der Waals surface area (Å²) in [7, 11) is -1.35. The number of hydrogen-bond donors (Lipinski definition) is 0. The van der Waals surface area contributed by atoms with E-state index in [0.717, 1.165) is 19.4 Å². The molecule has 0 saturated carbocycles. The van der Waals surface area contributed by atoms with Crippen LogP contribution in [-0.2, 0) is 18.6 Å². The average Bonchev–Trinajstić information content (AvgIpc) is 2.45. The predicted octanol–water partition coefficient (Wildman–Crippen LogP) is 3.85. The molecule has 0 heterocycles. The molecular formula is C15H30NO4P. The second-order valence-corrected chi connectivity index (χ2v) is 7.80. The maximum absolute atomic E-state index is 12.5. The Labute approximate surface area is 129 Å². The van der Waals surface area contributed by atoms with Crippen LogP contribution in [-0.4, -0.2) is 43.3 Å². The van der Waals surface area contributed by atoms with Crippen molar-refractivity contribution in [2.24, 2.45) is 0 Å². The standard InChI is InChI=1S/C15H30NO4P/c1-6-8-10-16(11-9-15(17)19-5)12-13-21(18,7-2)20-14(3)4/h12-14H,6-11H2,1-5H3/b13-12+. The maximum atomic E-state index is 12.5. The van der Waals surface area contributed by atoms with Crippen molar-refractivity contribution in [2.45, 2.75) is 53.1 Å². The first-order valence-electron chi connectivity index (χ1n) is 7.64. The molecule has 0 rings (SSSR count). The molecule has 0 aromatic carbocycles. The molecule has 124 valence electrons. The molecule has 0 aliphatic carbocycles. The van der Waals surface area contributed by atoms with Crippen LogP contribution in [0.1, 0.15) is 47.0 Å². The first-order chi connectivity index (χ1) is 9.86. The summed E-state index contributed by atoms with van der Waals surface area (Å²) >= 11 is 0. The molecule has 0 aliphatic rings. The van der Waals surface area contributed by atoms with E-state index < -0.39 is 7.37 Å². The second kappa shape index (κ2) is 10.9. The van der Waals surface area contributed by atoms with E-state index in [-0.39, 0.29) is 12.1 Å². The highest BCUT2D eigenvalue weighted by molar-refractivity contribution is 7.62. The molecule has 0 aromatic heterocycles. The highest BCUT2D eigenvalue weighted by atomic mass is 31.2. The number of esters is 1. The number of ether oxygens (including phenoxy) is 1. The predicted molar refractivity (Wildman–Crippen MR) is 86.6 cm³/mol. The normalized spacial score (nSPS) is 14.4. The molecule has 0 amide bonds. The van der Waals surface area contributed by atoms with Gasteiger partial charge in [-0.1, -0.05) is 20.3 Å². The van der Waals surface area contributed by atoms with Gasteiger partial charge in [-0.2, -0.15) is 0 Å². The molecule has 0 bridgehead atoms. The van der Waals surface area contributed by atoms with Gasteiger partial charge in [-0.3, -0.25) is 9.36 Å². The van der Waals surface area contributed by atoms with Crippen molar-refractivity contribution in [1.29, 1.82) is 0 Å². The zero-order valence-corrected chi connectivity index (χ0v) is 14.9. The van der Waals surface area contributed by atoms with E-state index in [0.29, 0.717) is 19.1 Å². The third-order valence-electron chi connectivity index (χ3n) is 2.96. The number of nitrogens with zero attached hydrogens (tertiary/aromatic N) is 1. The molecule has 0 aromatic rings. The Morgan fingerprint density at radius 3 is 2.43 bits per heavy atom. The minimum atomic E-state index is -2.74. The Bertz CT molecular complexity index is 369. The van der Waals surface area contributed by atoms with Crippen molar-refractivity contribution in [1.82, 2.24) is 4.90 Å². The van der Waals surface area contributed by atoms with E-state index in [1.165, 1.54) is 7.11 Å². The van der Waals surface area contributed by atoms with Crippen LogP contribution >= 0.6 is 7.37 Å². The Morgan fingerprint density at radius 1 is 1.29 bits per heavy atom. The molecule has 0 fully saturated rings. The van der Waals surface area contributed by atoms with Crippen LogP contribution in [0.25, 0.3) is 0 Å². The van der Waals surface area contributed by atoms with E-state index in [2.05, 4.69) is 11.7 Å². The molecule has 21 heavy (non-hydrogen) atoms. The highest BCUT2D eigenvalue weighted by Crippen LogP contribution is 2.49. The Hall–Kier alpha value is -0.800. The SMILES string of the molecule is CCCCN(/C=C/P(=O)(CC)OC(C)C)CCC(=O)OC. The van der Waals surface area contributed by atoms with Gasteiger partial charge >= 0.3 is 5.97 Å². The number of carbonyl (C=O) groups excluding carboxylic acids is 1. The van der Waals surface area contributed by atoms with Gasteiger partial charge in [-0.15, -0.1) is 0 Å². The zero-order chi connectivity index (χ0) is 16.3. The molecule has 6 heteroatoms. The lowest BCUT2D eigenvalue weighted by Crippen LogP contribution is -2.22. The van der Waals surface area contributed by atoms with Gasteiger partial charge in [0.1, 0.15) is 0 Å². The van der Waals surface area contributed by atoms with E-state index in [1.807, 2.05) is 31.9 Å². The van der Waals surface area contributed by atoms with E-state index >= 15 is 0 Å². The molecular weight excluding hydrogens is 289 g/mol. The number of methoxy groups -OCH3 is 1. The zero-order valence-electron chi connectivity index (χ0n) is 14.0. The summed E-state index contributed by atoms with van der Waals surface area (Å²) in [5.74, 6) is 1.43. The third-order valence-corrected chi connectivity index (χ3v) is 5.21. The summed E-state index contributed by atoms with van der Waals surface area (Å²) in [5.41, 5.74) is 0. The van der Waals surface area contributed by atoms with Gasteiger partial charge < -0.3 is 14.2 Å². The van der Waals surface area contributed by atoms with Gasteiger partial charge in [0.2, 0.25) is 7.37 Å². The maximum Gasteiger partial charge on any atom is 0.307 e. The molecule has 1 unspecified atom stereocenters. The molecule has 0 aliphatic heterocycles. The van der Waals surface area contributed by atoms with Crippen LogP contribution in [0.5, 0.6) is 0 Å². The van der Waals surface area contributed by atoms with Crippen LogP contribution in [0.3, 0.4) is 0 Å². The number of rotatable bonds is 11. The van der Waals surface area contributed by atoms with Gasteiger partial charge in [-0.25, -0.2) is 0 Å². The van der Waals surface area contributed by atoms with Crippen molar-refractivity contribution in [2.75, 3.05) is 26.4 Å². The van der Waals surface area contributed by atoms with Gasteiger partial charge in [-0.05, 0) is 20.3 Å². The first-order valence-corrected chi connectivity index (χ1v) is 9.52. The van der Waals surface area contributed by atoms with Crippen LogP contribution < -0.4 is 0 Å². The minimum Gasteiger partial charge on any atom is -0.469 e. The van der Waals surface area contributed by atoms with Crippen LogP contribution in [0.4, 0.5) is 0 Å². The number of hydrogen-bond acceptors (Lipinski definition) is 5. The monoisotopic (exact) mass is 319 g/mol. The van der Waals surface area contributed by atoms with Crippen LogP contribution in [0, 0.1) is 0 Å². The smallest absolute Gasteiger partial charge is 0.307 e. The highest BCUT2D eigenvalue weighted by Gasteiger charge is 2.18. The fourth-order valence-electron chi connectivity index (χ4n) is 1.73. The van der Waals surface area contributed by atoms with Gasteiger partial charge in [0, 0.05) is 31.3 Å². The lowest BCUT2D eigenvalue weighted by atomic mass is 10.3. The molecule has 0 saturated heterocycles. The summed E-state index contributed by atoms with van der Waals surface area (Å²) in [6, 6.07) is 0. The lowest BCUT2D eigenvalue weighted by Gasteiger charge is -2.21. The minimum absolute atomic E-state index is 0.0698. The van der Waals surface area contributed by atoms with Crippen molar-refractivity contribution >= 4 is 13.3 Å². The Morgan fingerprint density at radius 2 is 1.95 bits per heavy atom. The largest absolute Gasteiger partial charge is 0.469 e. The average molecular weight is 319 g/mol. The second-order valence-electron chi connectivity index (χ2n) is 5.21. The summed E-state index contributed by atoms with van der Waals surface area (Å²) < 4.78 is 22.7. The summed E-state index contributed by atoms with van der Waals surface area (Å²) in [6.45, 7) is 9.12. The number of unbranched alkanes of at least 4 members (excludes halogenated alkanes) is 1. The number of carbonyl (C=O) groups is 1. The molecule has 0 radical (unpaired) electrons. The third kappa shape index (κ3) is 9.70. The van der Waals surface area contributed by atoms with Crippen LogP contribution in [0.15, 0.2) is 12.0 Å². The van der Waals surface area contributed by atoms with Crippen molar-refractivity contribution in [3.8, 4) is 0 Å². The van der Waals surface area contributed by atoms with Crippen molar-refractivity contribution in [3.05, 3.63) is 12.0 Å². The lowest BCUT2D eigenvalue weighted by molar-refractivity contribution is -0.140. The topological polar surface area (TPSA) is 55.8 Å². The Balaban J connectivity index is 4.71. The molecule has 0 spiro atoms. The van der Waals surface area contributed by atoms with E-state index in [1.54, 1.807) is 5.82 Å². The van der Waals surface area contributed by atoms with Gasteiger partial charge in [0.05, 0.1) is 19.6 Å². The molecule has 1 atom stereocenters. The fraction of sp³-hybridized carbons (Fsp3) is 0.800. The fourth-order valence-corrected chi connectivity index (χ4v) is 3.26. The van der Waals surface area contributed by atoms with Crippen LogP contribution in [0.2, 0.25) is 0 Å². The quantitative estimate of drug-likeness (QED) is 0.428. The molecule has 0 N–H and O–H groups in total. The summed E-state index contributed by atoms with van der Waals surface area (Å²) in [6.07, 6.45) is 4.63. The summed E-state index contributed by atoms with van der Waals surface area (Å²) in [4.78, 5) is 13.2. The van der Waals surface area contributed by atoms with Gasteiger partial charge in [0.25, 0.3) is 0 Å². The van der Waals surface area contributed by atoms with E-state index in [9.17, 15) is 9.36 Å². The Kier molecular flexibility index (Phi) is 10.4. The van der Waals surface area contributed by atoms with E-state index in [4.69, 9.17) is 4.52 Å². The van der Waals surface area contributed by atoms with Gasteiger partial charge in [0.15, 0.2) is 0 Å². The first kappa shape index (κ1) is 20.2.